The summed E-state index contributed by atoms with van der Waals surface area (Å²) >= 11 is 0. The molecule has 15 heavy (non-hydrogen) atoms. The molecule has 3 nitrogen and oxygen atoms in total. The van der Waals surface area contributed by atoms with Crippen molar-refractivity contribution in [3.05, 3.63) is 0 Å². The van der Waals surface area contributed by atoms with Gasteiger partial charge in [0.1, 0.15) is 5.67 Å². The lowest BCUT2D eigenvalue weighted by Gasteiger charge is -2.42. The number of nitrogens with two attached hydrogens (primary N) is 1. The van der Waals surface area contributed by atoms with Crippen LogP contribution in [0.3, 0.4) is 0 Å². The van der Waals surface area contributed by atoms with Crippen molar-refractivity contribution in [3.63, 3.8) is 0 Å². The number of nitrogens with zero attached hydrogens (tertiary/aromatic N) is 1. The molecule has 2 aliphatic rings. The molecule has 2 rings (SSSR count). The first-order valence-corrected chi connectivity index (χ1v) is 5.94. The minimum atomic E-state index is -1.14. The Morgan fingerprint density at radius 3 is 2.80 bits per heavy atom. The van der Waals surface area contributed by atoms with Gasteiger partial charge in [-0.15, -0.1) is 0 Å². The van der Waals surface area contributed by atoms with E-state index < -0.39 is 5.67 Å². The lowest BCUT2D eigenvalue weighted by molar-refractivity contribution is -0.0149. The third-order valence-electron chi connectivity index (χ3n) is 3.63. The molecule has 2 saturated heterocycles. The van der Waals surface area contributed by atoms with Crippen molar-refractivity contribution in [1.29, 1.82) is 0 Å². The Kier molecular flexibility index (Phi) is 3.59. The number of halogens is 1. The first-order chi connectivity index (χ1) is 7.23. The Morgan fingerprint density at radius 2 is 2.13 bits per heavy atom. The summed E-state index contributed by atoms with van der Waals surface area (Å²) in [5.41, 5.74) is 4.36. The number of rotatable bonds is 2. The van der Waals surface area contributed by atoms with E-state index in [1.807, 2.05) is 0 Å². The van der Waals surface area contributed by atoms with Gasteiger partial charge in [-0.2, -0.15) is 0 Å². The van der Waals surface area contributed by atoms with Gasteiger partial charge in [0.15, 0.2) is 0 Å². The summed E-state index contributed by atoms with van der Waals surface area (Å²) in [5.74, 6) is 0. The predicted molar refractivity (Wildman–Crippen MR) is 57.5 cm³/mol. The molecule has 0 bridgehead atoms. The summed E-state index contributed by atoms with van der Waals surface area (Å²) in [6.07, 6.45) is 3.65. The summed E-state index contributed by atoms with van der Waals surface area (Å²) < 4.78 is 19.4. The fourth-order valence-corrected chi connectivity index (χ4v) is 2.65. The quantitative estimate of drug-likeness (QED) is 0.746. The normalized spacial score (nSPS) is 35.6. The van der Waals surface area contributed by atoms with Gasteiger partial charge in [0, 0.05) is 32.3 Å². The molecule has 0 amide bonds. The molecule has 2 fully saturated rings. The fraction of sp³-hybridized carbons (Fsp3) is 1.00. The summed E-state index contributed by atoms with van der Waals surface area (Å²) in [6, 6.07) is 0.515. The number of piperidine rings is 1. The molecule has 4 heteroatoms. The average molecular weight is 216 g/mol. The van der Waals surface area contributed by atoms with Gasteiger partial charge in [-0.1, -0.05) is 0 Å². The molecule has 0 saturated carbocycles. The second-order valence-electron chi connectivity index (χ2n) is 4.77. The second-order valence-corrected chi connectivity index (χ2v) is 4.77. The van der Waals surface area contributed by atoms with Crippen LogP contribution >= 0.6 is 0 Å². The molecule has 1 atom stereocenters. The minimum Gasteiger partial charge on any atom is -0.381 e. The van der Waals surface area contributed by atoms with Crippen LogP contribution in [0.15, 0.2) is 0 Å². The van der Waals surface area contributed by atoms with E-state index in [9.17, 15) is 4.39 Å². The monoisotopic (exact) mass is 216 g/mol. The number of alkyl halides is 1. The van der Waals surface area contributed by atoms with Crippen LogP contribution in [0.25, 0.3) is 0 Å². The van der Waals surface area contributed by atoms with E-state index in [1.54, 1.807) is 0 Å². The van der Waals surface area contributed by atoms with E-state index in [4.69, 9.17) is 10.5 Å². The highest BCUT2D eigenvalue weighted by atomic mass is 19.1. The Bertz CT molecular complexity index is 209. The number of likely N-dealkylation sites (tertiary alicyclic amines) is 1. The zero-order valence-electron chi connectivity index (χ0n) is 9.25. The van der Waals surface area contributed by atoms with E-state index in [1.165, 1.54) is 0 Å². The maximum absolute atomic E-state index is 14.1. The highest BCUT2D eigenvalue weighted by Gasteiger charge is 2.36. The molecule has 0 radical (unpaired) electrons. The highest BCUT2D eigenvalue weighted by Crippen LogP contribution is 2.27. The Morgan fingerprint density at radius 1 is 1.40 bits per heavy atom. The van der Waals surface area contributed by atoms with Gasteiger partial charge in [-0.3, -0.25) is 4.90 Å². The van der Waals surface area contributed by atoms with Crippen LogP contribution in [-0.4, -0.2) is 49.5 Å². The molecule has 0 aromatic rings. The Labute approximate surface area is 90.8 Å². The van der Waals surface area contributed by atoms with Crippen LogP contribution in [0.2, 0.25) is 0 Å². The van der Waals surface area contributed by atoms with Crippen molar-refractivity contribution in [2.24, 2.45) is 5.73 Å². The summed E-state index contributed by atoms with van der Waals surface area (Å²) in [6.45, 7) is 3.35. The molecule has 88 valence electrons. The van der Waals surface area contributed by atoms with Gasteiger partial charge in [0.25, 0.3) is 0 Å². The van der Waals surface area contributed by atoms with Gasteiger partial charge in [0.05, 0.1) is 0 Å². The first kappa shape index (κ1) is 11.3. The minimum absolute atomic E-state index is 0.159. The Hall–Kier alpha value is -0.190. The molecule has 0 spiro atoms. The van der Waals surface area contributed by atoms with Crippen LogP contribution < -0.4 is 5.73 Å². The molecule has 2 aliphatic heterocycles. The van der Waals surface area contributed by atoms with Gasteiger partial charge in [-0.05, 0) is 32.2 Å². The largest absolute Gasteiger partial charge is 0.381 e. The smallest absolute Gasteiger partial charge is 0.135 e. The maximum Gasteiger partial charge on any atom is 0.135 e. The molecule has 0 aromatic carbocycles. The standard InChI is InChI=1S/C11H21FN2O/c12-11(8-13)4-1-5-14(9-11)10-2-6-15-7-3-10/h10H,1-9,13H2. The van der Waals surface area contributed by atoms with Crippen LogP contribution in [0.4, 0.5) is 4.39 Å². The van der Waals surface area contributed by atoms with E-state index in [2.05, 4.69) is 4.90 Å². The van der Waals surface area contributed by atoms with E-state index in [0.717, 1.165) is 39.0 Å². The van der Waals surface area contributed by atoms with Crippen LogP contribution in [0.1, 0.15) is 25.7 Å². The molecule has 2 heterocycles. The molecule has 0 aliphatic carbocycles. The third-order valence-corrected chi connectivity index (χ3v) is 3.63. The Balaban J connectivity index is 1.91. The van der Waals surface area contributed by atoms with Gasteiger partial charge in [-0.25, -0.2) is 4.39 Å². The van der Waals surface area contributed by atoms with E-state index in [-0.39, 0.29) is 6.54 Å². The highest BCUT2D eigenvalue weighted by molar-refractivity contribution is 4.91. The van der Waals surface area contributed by atoms with Crippen LogP contribution in [0.5, 0.6) is 0 Å². The topological polar surface area (TPSA) is 38.5 Å². The van der Waals surface area contributed by atoms with E-state index in [0.29, 0.717) is 19.0 Å². The molecule has 1 unspecified atom stereocenters. The van der Waals surface area contributed by atoms with Crippen molar-refractivity contribution in [3.8, 4) is 0 Å². The number of hydrogen-bond donors (Lipinski definition) is 1. The van der Waals surface area contributed by atoms with E-state index >= 15 is 0 Å². The zero-order chi connectivity index (χ0) is 10.7. The fourth-order valence-electron chi connectivity index (χ4n) is 2.65. The first-order valence-electron chi connectivity index (χ1n) is 5.94. The predicted octanol–water partition coefficient (Wildman–Crippen LogP) is 0.928. The summed E-state index contributed by atoms with van der Waals surface area (Å²) in [4.78, 5) is 2.28. The van der Waals surface area contributed by atoms with Crippen molar-refractivity contribution in [2.45, 2.75) is 37.4 Å². The van der Waals surface area contributed by atoms with Crippen molar-refractivity contribution in [1.82, 2.24) is 4.90 Å². The van der Waals surface area contributed by atoms with Gasteiger partial charge >= 0.3 is 0 Å². The second kappa shape index (κ2) is 4.76. The third kappa shape index (κ3) is 2.68. The van der Waals surface area contributed by atoms with Crippen LogP contribution in [0, 0.1) is 0 Å². The lowest BCUT2D eigenvalue weighted by atomic mass is 9.92. The van der Waals surface area contributed by atoms with Crippen LogP contribution in [-0.2, 0) is 4.74 Å². The molecular weight excluding hydrogens is 195 g/mol. The van der Waals surface area contributed by atoms with Gasteiger partial charge in [0.2, 0.25) is 0 Å². The summed E-state index contributed by atoms with van der Waals surface area (Å²) in [5, 5.41) is 0. The number of hydrogen-bond acceptors (Lipinski definition) is 3. The molecule has 2 N–H and O–H groups in total. The van der Waals surface area contributed by atoms with Crippen molar-refractivity contribution >= 4 is 0 Å². The summed E-state index contributed by atoms with van der Waals surface area (Å²) in [7, 11) is 0. The zero-order valence-corrected chi connectivity index (χ0v) is 9.25. The molecular formula is C11H21FN2O. The van der Waals surface area contributed by atoms with Crippen molar-refractivity contribution in [2.75, 3.05) is 32.8 Å². The average Bonchev–Trinajstić information content (AvgIpc) is 2.30. The number of ether oxygens (including phenoxy) is 1. The molecule has 0 aromatic heterocycles. The van der Waals surface area contributed by atoms with Gasteiger partial charge < -0.3 is 10.5 Å². The lowest BCUT2D eigenvalue weighted by Crippen LogP contribution is -2.53. The SMILES string of the molecule is NCC1(F)CCCN(C2CCOCC2)C1. The maximum atomic E-state index is 14.1. The van der Waals surface area contributed by atoms with Crippen molar-refractivity contribution < 1.29 is 9.13 Å².